The van der Waals surface area contributed by atoms with E-state index in [4.69, 9.17) is 23.2 Å². The molecule has 108 valence electrons. The molecule has 0 saturated carbocycles. The van der Waals surface area contributed by atoms with Crippen LogP contribution in [-0.2, 0) is 4.79 Å². The molecule has 1 aromatic rings. The Morgan fingerprint density at radius 1 is 1.30 bits per heavy atom. The molecule has 4 heteroatoms. The van der Waals surface area contributed by atoms with Gasteiger partial charge < -0.3 is 0 Å². The molecule has 2 fully saturated rings. The van der Waals surface area contributed by atoms with E-state index < -0.39 is 0 Å². The van der Waals surface area contributed by atoms with E-state index in [1.54, 1.807) is 0 Å². The van der Waals surface area contributed by atoms with Gasteiger partial charge in [0.1, 0.15) is 5.78 Å². The van der Waals surface area contributed by atoms with Crippen molar-refractivity contribution in [3.05, 3.63) is 33.8 Å². The minimum atomic E-state index is 0.154. The Kier molecular flexibility index (Phi) is 4.35. The number of rotatable bonds is 3. The number of carbonyl (C=O) groups is 1. The summed E-state index contributed by atoms with van der Waals surface area (Å²) in [6, 6.07) is 5.86. The van der Waals surface area contributed by atoms with Crippen molar-refractivity contribution < 1.29 is 4.79 Å². The summed E-state index contributed by atoms with van der Waals surface area (Å²) in [4.78, 5) is 12.4. The van der Waals surface area contributed by atoms with Gasteiger partial charge in [0, 0.05) is 22.8 Å². The highest BCUT2D eigenvalue weighted by molar-refractivity contribution is 8.00. The van der Waals surface area contributed by atoms with E-state index >= 15 is 0 Å². The standard InChI is InChI=1S/C16H18Cl2OS/c1-2-14(19)16-11(8-10-4-6-15(16)20-10)9-3-5-12(17)13(18)7-9/h3,5,7,10-11,15-16H,2,4,6,8H2,1H3/t10?,11-,15+,16+/m0/s1. The lowest BCUT2D eigenvalue weighted by Crippen LogP contribution is -2.34. The van der Waals surface area contributed by atoms with Crippen LogP contribution in [0.1, 0.15) is 44.1 Å². The van der Waals surface area contributed by atoms with E-state index in [9.17, 15) is 4.79 Å². The Bertz CT molecular complexity index is 531. The molecule has 3 rings (SSSR count). The molecule has 1 aromatic carbocycles. The minimum absolute atomic E-state index is 0.154. The van der Waals surface area contributed by atoms with Crippen LogP contribution < -0.4 is 0 Å². The maximum atomic E-state index is 12.4. The zero-order valence-corrected chi connectivity index (χ0v) is 13.8. The van der Waals surface area contributed by atoms with Gasteiger partial charge in [-0.15, -0.1) is 0 Å². The van der Waals surface area contributed by atoms with E-state index in [1.807, 2.05) is 36.9 Å². The Balaban J connectivity index is 1.96. The monoisotopic (exact) mass is 328 g/mol. The third kappa shape index (κ3) is 2.63. The zero-order chi connectivity index (χ0) is 14.3. The molecule has 0 amide bonds. The van der Waals surface area contributed by atoms with Crippen molar-refractivity contribution in [2.75, 3.05) is 0 Å². The molecule has 2 heterocycles. The predicted octanol–water partition coefficient (Wildman–Crippen LogP) is 5.34. The molecule has 0 radical (unpaired) electrons. The van der Waals surface area contributed by atoms with Crippen LogP contribution in [-0.4, -0.2) is 16.3 Å². The molecule has 2 bridgehead atoms. The fourth-order valence-electron chi connectivity index (χ4n) is 3.61. The first-order valence-corrected chi connectivity index (χ1v) is 8.93. The number of carbonyl (C=O) groups excluding carboxylic acids is 1. The maximum Gasteiger partial charge on any atom is 0.137 e. The van der Waals surface area contributed by atoms with Gasteiger partial charge in [-0.2, -0.15) is 11.8 Å². The number of benzene rings is 1. The molecule has 0 aliphatic carbocycles. The summed E-state index contributed by atoms with van der Waals surface area (Å²) in [7, 11) is 0. The van der Waals surface area contributed by atoms with Crippen molar-refractivity contribution in [2.45, 2.75) is 49.0 Å². The summed E-state index contributed by atoms with van der Waals surface area (Å²) in [5, 5.41) is 2.39. The molecule has 1 unspecified atom stereocenters. The number of hydrogen-bond donors (Lipinski definition) is 0. The Labute approximate surface area is 134 Å². The molecule has 4 atom stereocenters. The van der Waals surface area contributed by atoms with E-state index in [1.165, 1.54) is 18.4 Å². The van der Waals surface area contributed by atoms with E-state index in [2.05, 4.69) is 0 Å². The van der Waals surface area contributed by atoms with Crippen molar-refractivity contribution in [3.63, 3.8) is 0 Å². The second kappa shape index (κ2) is 5.90. The molecular formula is C16H18Cl2OS. The SMILES string of the molecule is CCC(=O)[C@@H]1[C@H]2CCC(C[C@H]1c1ccc(Cl)c(Cl)c1)S2. The lowest BCUT2D eigenvalue weighted by Gasteiger charge is -2.35. The summed E-state index contributed by atoms with van der Waals surface area (Å²) in [6.07, 6.45) is 4.16. The quantitative estimate of drug-likeness (QED) is 0.744. The third-order valence-electron chi connectivity index (χ3n) is 4.58. The van der Waals surface area contributed by atoms with Crippen LogP contribution in [0.25, 0.3) is 0 Å². The van der Waals surface area contributed by atoms with Crippen LogP contribution in [0.5, 0.6) is 0 Å². The molecule has 0 N–H and O–H groups in total. The highest BCUT2D eigenvalue weighted by Gasteiger charge is 2.45. The number of hydrogen-bond acceptors (Lipinski definition) is 2. The molecule has 0 aromatic heterocycles. The lowest BCUT2D eigenvalue weighted by atomic mass is 9.78. The highest BCUT2D eigenvalue weighted by atomic mass is 35.5. The normalized spacial score (nSPS) is 32.4. The third-order valence-corrected chi connectivity index (χ3v) is 7.01. The molecule has 20 heavy (non-hydrogen) atoms. The van der Waals surface area contributed by atoms with Crippen molar-refractivity contribution in [2.24, 2.45) is 5.92 Å². The van der Waals surface area contributed by atoms with Crippen molar-refractivity contribution >= 4 is 40.7 Å². The fourth-order valence-corrected chi connectivity index (χ4v) is 5.79. The largest absolute Gasteiger partial charge is 0.299 e. The first-order valence-electron chi connectivity index (χ1n) is 7.23. The van der Waals surface area contributed by atoms with Gasteiger partial charge >= 0.3 is 0 Å². The van der Waals surface area contributed by atoms with E-state index in [-0.39, 0.29) is 5.92 Å². The van der Waals surface area contributed by atoms with Crippen LogP contribution in [0.15, 0.2) is 18.2 Å². The minimum Gasteiger partial charge on any atom is -0.299 e. The van der Waals surface area contributed by atoms with Crippen LogP contribution in [0.2, 0.25) is 10.0 Å². The van der Waals surface area contributed by atoms with Crippen LogP contribution in [0.3, 0.4) is 0 Å². The van der Waals surface area contributed by atoms with Crippen molar-refractivity contribution in [1.29, 1.82) is 0 Å². The van der Waals surface area contributed by atoms with Gasteiger partial charge in [-0.1, -0.05) is 36.2 Å². The predicted molar refractivity (Wildman–Crippen MR) is 87.0 cm³/mol. The van der Waals surface area contributed by atoms with Crippen molar-refractivity contribution in [3.8, 4) is 0 Å². The van der Waals surface area contributed by atoms with Gasteiger partial charge in [0.15, 0.2) is 0 Å². The molecule has 2 aliphatic heterocycles. The summed E-state index contributed by atoms with van der Waals surface area (Å²) < 4.78 is 0. The van der Waals surface area contributed by atoms with Crippen LogP contribution in [0.4, 0.5) is 0 Å². The number of thioether (sulfide) groups is 1. The van der Waals surface area contributed by atoms with Gasteiger partial charge in [0.05, 0.1) is 10.0 Å². The average molecular weight is 329 g/mol. The average Bonchev–Trinajstić information content (AvgIpc) is 2.82. The van der Waals surface area contributed by atoms with E-state index in [0.717, 1.165) is 6.42 Å². The van der Waals surface area contributed by atoms with Gasteiger partial charge in [-0.3, -0.25) is 4.79 Å². The second-order valence-electron chi connectivity index (χ2n) is 5.74. The number of Topliss-reactive ketones (excluding diaryl/α,β-unsaturated/α-hetero) is 1. The Morgan fingerprint density at radius 3 is 2.80 bits per heavy atom. The summed E-state index contributed by atoms with van der Waals surface area (Å²) >= 11 is 14.2. The van der Waals surface area contributed by atoms with Gasteiger partial charge in [-0.05, 0) is 42.9 Å². The zero-order valence-electron chi connectivity index (χ0n) is 11.4. The highest BCUT2D eigenvalue weighted by Crippen LogP contribution is 2.53. The van der Waals surface area contributed by atoms with Gasteiger partial charge in [0.25, 0.3) is 0 Å². The summed E-state index contributed by atoms with van der Waals surface area (Å²) in [6.45, 7) is 1.97. The number of ketones is 1. The smallest absolute Gasteiger partial charge is 0.137 e. The summed E-state index contributed by atoms with van der Waals surface area (Å²) in [5.41, 5.74) is 1.18. The van der Waals surface area contributed by atoms with Crippen molar-refractivity contribution in [1.82, 2.24) is 0 Å². The van der Waals surface area contributed by atoms with Gasteiger partial charge in [0.2, 0.25) is 0 Å². The first-order chi connectivity index (χ1) is 9.60. The van der Waals surface area contributed by atoms with Crippen LogP contribution in [0, 0.1) is 5.92 Å². The number of halogens is 2. The topological polar surface area (TPSA) is 17.1 Å². The molecule has 2 aliphatic rings. The Morgan fingerprint density at radius 2 is 2.10 bits per heavy atom. The first kappa shape index (κ1) is 14.7. The maximum absolute atomic E-state index is 12.4. The molecule has 2 saturated heterocycles. The fraction of sp³-hybridized carbons (Fsp3) is 0.562. The number of fused-ring (bicyclic) bond motifs is 2. The van der Waals surface area contributed by atoms with Gasteiger partial charge in [-0.25, -0.2) is 0 Å². The molecular weight excluding hydrogens is 311 g/mol. The van der Waals surface area contributed by atoms with E-state index in [0.29, 0.717) is 38.7 Å². The summed E-state index contributed by atoms with van der Waals surface area (Å²) in [5.74, 6) is 0.871. The van der Waals surface area contributed by atoms with Crippen LogP contribution >= 0.6 is 35.0 Å². The Hall–Kier alpha value is -0.180. The second-order valence-corrected chi connectivity index (χ2v) is 8.09. The lowest BCUT2D eigenvalue weighted by molar-refractivity contribution is -0.123. The molecule has 1 nitrogen and oxygen atoms in total. The molecule has 0 spiro atoms.